The quantitative estimate of drug-likeness (QED) is 0.817. The molecule has 5 nitrogen and oxygen atoms in total. The molecule has 1 aromatic carbocycles. The van der Waals surface area contributed by atoms with E-state index in [-0.39, 0.29) is 23.2 Å². The van der Waals surface area contributed by atoms with Gasteiger partial charge in [0.25, 0.3) is 11.5 Å². The summed E-state index contributed by atoms with van der Waals surface area (Å²) in [6.07, 6.45) is 0.638. The van der Waals surface area contributed by atoms with Gasteiger partial charge in [-0.1, -0.05) is 30.3 Å². The van der Waals surface area contributed by atoms with Crippen molar-refractivity contribution < 1.29 is 4.79 Å². The van der Waals surface area contributed by atoms with Gasteiger partial charge in [0, 0.05) is 18.0 Å². The molecule has 1 aromatic heterocycles. The Morgan fingerprint density at radius 1 is 1.25 bits per heavy atom. The van der Waals surface area contributed by atoms with Crippen LogP contribution < -0.4 is 10.9 Å². The Morgan fingerprint density at radius 3 is 2.60 bits per heavy atom. The van der Waals surface area contributed by atoms with Crippen LogP contribution in [0.5, 0.6) is 0 Å². The molecule has 0 fully saturated rings. The fourth-order valence-corrected chi connectivity index (χ4v) is 1.96. The second-order valence-corrected chi connectivity index (χ2v) is 4.63. The zero-order valence-corrected chi connectivity index (χ0v) is 11.4. The van der Waals surface area contributed by atoms with E-state index >= 15 is 0 Å². The van der Waals surface area contributed by atoms with Crippen molar-refractivity contribution in [3.05, 3.63) is 64.1 Å². The first kappa shape index (κ1) is 14.3. The summed E-state index contributed by atoms with van der Waals surface area (Å²) in [6.45, 7) is 0. The van der Waals surface area contributed by atoms with E-state index in [0.717, 1.165) is 5.56 Å². The van der Waals surface area contributed by atoms with Gasteiger partial charge >= 0.3 is 0 Å². The summed E-state index contributed by atoms with van der Waals surface area (Å²) in [5, 5.41) is 8.70. The molecule has 104 valence electrons. The molecule has 2 aromatic rings. The maximum absolute atomic E-state index is 12.0. The van der Waals surface area contributed by atoms with Crippen molar-refractivity contribution in [2.24, 2.45) is 0 Å². The van der Waals surface area contributed by atoms with Crippen LogP contribution in [0.25, 0.3) is 0 Å². The van der Waals surface area contributed by atoms with Gasteiger partial charge in [-0.25, -0.2) is 5.10 Å². The second-order valence-electron chi connectivity index (χ2n) is 4.32. The van der Waals surface area contributed by atoms with Crippen LogP contribution in [-0.4, -0.2) is 28.0 Å². The minimum absolute atomic E-state index is 0.160. The van der Waals surface area contributed by atoms with Crippen LogP contribution in [-0.2, 0) is 6.42 Å². The Balaban J connectivity index is 2.01. The molecule has 1 atom stereocenters. The van der Waals surface area contributed by atoms with Gasteiger partial charge in [-0.2, -0.15) is 5.10 Å². The van der Waals surface area contributed by atoms with Crippen LogP contribution in [0.4, 0.5) is 0 Å². The maximum atomic E-state index is 12.0. The summed E-state index contributed by atoms with van der Waals surface area (Å²) < 4.78 is 0. The molecular formula is C14H14ClN3O2. The SMILES string of the molecule is O=C(NC(CCl)Cc1ccccc1)c1ccc(=O)[nH]n1. The zero-order chi connectivity index (χ0) is 14.4. The highest BCUT2D eigenvalue weighted by atomic mass is 35.5. The minimum atomic E-state index is -0.358. The molecule has 0 saturated heterocycles. The Kier molecular flexibility index (Phi) is 4.90. The lowest BCUT2D eigenvalue weighted by Crippen LogP contribution is -2.38. The lowest BCUT2D eigenvalue weighted by Gasteiger charge is -2.15. The minimum Gasteiger partial charge on any atom is -0.346 e. The number of aromatic nitrogens is 2. The van der Waals surface area contributed by atoms with Crippen molar-refractivity contribution in [2.45, 2.75) is 12.5 Å². The monoisotopic (exact) mass is 291 g/mol. The van der Waals surface area contributed by atoms with Crippen LogP contribution >= 0.6 is 11.6 Å². The lowest BCUT2D eigenvalue weighted by atomic mass is 10.1. The average molecular weight is 292 g/mol. The van der Waals surface area contributed by atoms with E-state index in [1.54, 1.807) is 0 Å². The first-order chi connectivity index (χ1) is 9.69. The number of nitrogens with zero attached hydrogens (tertiary/aromatic N) is 1. The van der Waals surface area contributed by atoms with Crippen molar-refractivity contribution in [2.75, 3.05) is 5.88 Å². The smallest absolute Gasteiger partial charge is 0.271 e. The molecule has 2 N–H and O–H groups in total. The van der Waals surface area contributed by atoms with E-state index in [2.05, 4.69) is 15.5 Å². The van der Waals surface area contributed by atoms with Gasteiger partial charge in [-0.3, -0.25) is 9.59 Å². The second kappa shape index (κ2) is 6.86. The number of hydrogen-bond donors (Lipinski definition) is 2. The number of nitrogens with one attached hydrogen (secondary N) is 2. The Bertz CT molecular complexity index is 607. The number of hydrogen-bond acceptors (Lipinski definition) is 3. The molecule has 1 amide bonds. The molecule has 0 radical (unpaired) electrons. The Morgan fingerprint density at radius 2 is 2.00 bits per heavy atom. The highest BCUT2D eigenvalue weighted by Gasteiger charge is 2.14. The summed E-state index contributed by atoms with van der Waals surface area (Å²) in [5.41, 5.74) is 0.903. The summed E-state index contributed by atoms with van der Waals surface area (Å²) in [5.74, 6) is -0.0629. The number of halogens is 1. The molecule has 1 unspecified atom stereocenters. The highest BCUT2D eigenvalue weighted by Crippen LogP contribution is 2.05. The van der Waals surface area contributed by atoms with Crippen LogP contribution in [0.15, 0.2) is 47.3 Å². The number of aromatic amines is 1. The maximum Gasteiger partial charge on any atom is 0.271 e. The molecule has 0 aliphatic heterocycles. The normalized spacial score (nSPS) is 11.8. The van der Waals surface area contributed by atoms with Gasteiger partial charge in [-0.05, 0) is 18.1 Å². The molecule has 6 heteroatoms. The molecular weight excluding hydrogens is 278 g/mol. The summed E-state index contributed by atoms with van der Waals surface area (Å²) >= 11 is 5.88. The van der Waals surface area contributed by atoms with E-state index in [9.17, 15) is 9.59 Å². The third kappa shape index (κ3) is 3.93. The fourth-order valence-electron chi connectivity index (χ4n) is 1.77. The predicted molar refractivity (Wildman–Crippen MR) is 77.0 cm³/mol. The molecule has 0 saturated carbocycles. The van der Waals surface area contributed by atoms with Crippen molar-refractivity contribution in [3.63, 3.8) is 0 Å². The molecule has 0 aliphatic carbocycles. The molecule has 1 heterocycles. The van der Waals surface area contributed by atoms with E-state index < -0.39 is 0 Å². The highest BCUT2D eigenvalue weighted by molar-refractivity contribution is 6.18. The van der Waals surface area contributed by atoms with Crippen molar-refractivity contribution in [1.29, 1.82) is 0 Å². The van der Waals surface area contributed by atoms with Gasteiger partial charge in [0.15, 0.2) is 0 Å². The van der Waals surface area contributed by atoms with Gasteiger partial charge in [0.2, 0.25) is 0 Å². The van der Waals surface area contributed by atoms with E-state index in [4.69, 9.17) is 11.6 Å². The van der Waals surface area contributed by atoms with Gasteiger partial charge < -0.3 is 5.32 Å². The van der Waals surface area contributed by atoms with Gasteiger partial charge in [0.1, 0.15) is 5.69 Å². The molecule has 2 rings (SSSR count). The van der Waals surface area contributed by atoms with Crippen LogP contribution in [0.2, 0.25) is 0 Å². The molecule has 0 bridgehead atoms. The van der Waals surface area contributed by atoms with Crippen LogP contribution in [0.1, 0.15) is 16.1 Å². The largest absolute Gasteiger partial charge is 0.346 e. The van der Waals surface area contributed by atoms with Crippen LogP contribution in [0.3, 0.4) is 0 Å². The van der Waals surface area contributed by atoms with Crippen molar-refractivity contribution in [1.82, 2.24) is 15.5 Å². The standard InChI is InChI=1S/C14H14ClN3O2/c15-9-11(8-10-4-2-1-3-5-10)16-14(20)12-6-7-13(19)18-17-12/h1-7,11H,8-9H2,(H,16,20)(H,18,19). The Labute approximate surface area is 121 Å². The molecule has 20 heavy (non-hydrogen) atoms. The first-order valence-electron chi connectivity index (χ1n) is 6.15. The first-order valence-corrected chi connectivity index (χ1v) is 6.69. The number of benzene rings is 1. The average Bonchev–Trinajstić information content (AvgIpc) is 2.48. The number of carbonyl (C=O) groups excluding carboxylic acids is 1. The number of carbonyl (C=O) groups is 1. The molecule has 0 aliphatic rings. The number of amides is 1. The summed E-state index contributed by atoms with van der Waals surface area (Å²) in [7, 11) is 0. The van der Waals surface area contributed by atoms with E-state index in [1.165, 1.54) is 12.1 Å². The van der Waals surface area contributed by atoms with Gasteiger partial charge in [0.05, 0.1) is 0 Å². The zero-order valence-electron chi connectivity index (χ0n) is 10.7. The summed E-state index contributed by atoms with van der Waals surface area (Å²) in [4.78, 5) is 22.9. The number of rotatable bonds is 5. The Hall–Kier alpha value is -2.14. The van der Waals surface area contributed by atoms with Crippen LogP contribution in [0, 0.1) is 0 Å². The third-order valence-corrected chi connectivity index (χ3v) is 3.13. The molecule has 0 spiro atoms. The van der Waals surface area contributed by atoms with Crippen molar-refractivity contribution >= 4 is 17.5 Å². The third-order valence-electron chi connectivity index (χ3n) is 2.76. The topological polar surface area (TPSA) is 74.8 Å². The number of H-pyrrole nitrogens is 1. The van der Waals surface area contributed by atoms with Crippen molar-refractivity contribution in [3.8, 4) is 0 Å². The lowest BCUT2D eigenvalue weighted by molar-refractivity contribution is 0.0934. The summed E-state index contributed by atoms with van der Waals surface area (Å²) in [6, 6.07) is 12.2. The van der Waals surface area contributed by atoms with E-state index in [1.807, 2.05) is 30.3 Å². The predicted octanol–water partition coefficient (Wildman–Crippen LogP) is 1.35. The van der Waals surface area contributed by atoms with E-state index in [0.29, 0.717) is 12.3 Å². The number of alkyl halides is 1. The van der Waals surface area contributed by atoms with Gasteiger partial charge in [-0.15, -0.1) is 11.6 Å². The fraction of sp³-hybridized carbons (Fsp3) is 0.214.